The van der Waals surface area contributed by atoms with Crippen LogP contribution in [0.3, 0.4) is 0 Å². The predicted octanol–water partition coefficient (Wildman–Crippen LogP) is 4.42. The second kappa shape index (κ2) is 6.44. The van der Waals surface area contributed by atoms with Crippen molar-refractivity contribution < 1.29 is 14.2 Å². The van der Waals surface area contributed by atoms with Crippen LogP contribution in [0.5, 0.6) is 5.75 Å². The third-order valence-electron chi connectivity index (χ3n) is 2.99. The van der Waals surface area contributed by atoms with Crippen LogP contribution in [-0.2, 0) is 6.42 Å². The minimum Gasteiger partial charge on any atom is -0.494 e. The van der Waals surface area contributed by atoms with Crippen molar-refractivity contribution in [3.05, 3.63) is 63.4 Å². The normalized spacial score (nSPS) is 12.2. The van der Waals surface area contributed by atoms with Gasteiger partial charge in [0.1, 0.15) is 0 Å². The molecule has 0 saturated carbocycles. The first-order valence-electron chi connectivity index (χ1n) is 5.97. The highest BCUT2D eigenvalue weighted by molar-refractivity contribution is 6.33. The van der Waals surface area contributed by atoms with Crippen LogP contribution in [0.25, 0.3) is 0 Å². The summed E-state index contributed by atoms with van der Waals surface area (Å²) in [5, 5.41) is 11.1. The Balaban J connectivity index is 2.28. The van der Waals surface area contributed by atoms with Gasteiger partial charge in [-0.05, 0) is 29.8 Å². The average Bonchev–Trinajstić information content (AvgIpc) is 2.43. The Labute approximate surface area is 126 Å². The topological polar surface area (TPSA) is 29.5 Å². The first-order valence-corrected chi connectivity index (χ1v) is 6.73. The minimum absolute atomic E-state index is 0.0864. The first-order chi connectivity index (χ1) is 9.52. The summed E-state index contributed by atoms with van der Waals surface area (Å²) >= 11 is 11.9. The Bertz CT molecular complexity index is 617. The van der Waals surface area contributed by atoms with Crippen molar-refractivity contribution in [3.63, 3.8) is 0 Å². The highest BCUT2D eigenvalue weighted by Crippen LogP contribution is 2.30. The van der Waals surface area contributed by atoms with Crippen LogP contribution in [0.15, 0.2) is 36.4 Å². The second-order valence-electron chi connectivity index (χ2n) is 4.32. The van der Waals surface area contributed by atoms with Gasteiger partial charge in [-0.15, -0.1) is 0 Å². The molecule has 2 nitrogen and oxygen atoms in total. The molecule has 0 saturated heterocycles. The Kier molecular flexibility index (Phi) is 4.86. The molecule has 0 amide bonds. The number of methoxy groups -OCH3 is 1. The summed E-state index contributed by atoms with van der Waals surface area (Å²) in [7, 11) is 1.40. The largest absolute Gasteiger partial charge is 0.494 e. The summed E-state index contributed by atoms with van der Waals surface area (Å²) in [4.78, 5) is 0. The molecule has 0 radical (unpaired) electrons. The van der Waals surface area contributed by atoms with Crippen LogP contribution in [-0.4, -0.2) is 12.2 Å². The monoisotopic (exact) mass is 314 g/mol. The maximum atomic E-state index is 14.0. The number of aliphatic hydroxyl groups is 1. The van der Waals surface area contributed by atoms with E-state index in [1.807, 2.05) is 0 Å². The highest BCUT2D eigenvalue weighted by atomic mass is 35.5. The van der Waals surface area contributed by atoms with Crippen molar-refractivity contribution in [3.8, 4) is 5.75 Å². The van der Waals surface area contributed by atoms with Crippen LogP contribution in [0.4, 0.5) is 4.39 Å². The fourth-order valence-electron chi connectivity index (χ4n) is 1.96. The number of rotatable bonds is 4. The molecule has 0 aliphatic carbocycles. The van der Waals surface area contributed by atoms with Crippen LogP contribution >= 0.6 is 23.2 Å². The quantitative estimate of drug-likeness (QED) is 0.905. The molecular weight excluding hydrogens is 302 g/mol. The summed E-state index contributed by atoms with van der Waals surface area (Å²) < 4.78 is 18.9. The number of hydrogen-bond donors (Lipinski definition) is 1. The van der Waals surface area contributed by atoms with E-state index >= 15 is 0 Å². The summed E-state index contributed by atoms with van der Waals surface area (Å²) in [6, 6.07) is 9.60. The maximum absolute atomic E-state index is 14.0. The zero-order chi connectivity index (χ0) is 14.7. The lowest BCUT2D eigenvalue weighted by Gasteiger charge is -2.14. The van der Waals surface area contributed by atoms with Gasteiger partial charge in [0.15, 0.2) is 11.6 Å². The van der Waals surface area contributed by atoms with Crippen molar-refractivity contribution in [1.82, 2.24) is 0 Å². The van der Waals surface area contributed by atoms with Crippen molar-refractivity contribution in [2.75, 3.05) is 7.11 Å². The number of hydrogen-bond acceptors (Lipinski definition) is 2. The van der Waals surface area contributed by atoms with Crippen molar-refractivity contribution in [1.29, 1.82) is 0 Å². The molecule has 0 aliphatic rings. The zero-order valence-electron chi connectivity index (χ0n) is 10.7. The van der Waals surface area contributed by atoms with E-state index in [1.165, 1.54) is 13.2 Å². The maximum Gasteiger partial charge on any atom is 0.168 e. The van der Waals surface area contributed by atoms with Gasteiger partial charge in [0.2, 0.25) is 0 Å². The van der Waals surface area contributed by atoms with Gasteiger partial charge >= 0.3 is 0 Å². The summed E-state index contributed by atoms with van der Waals surface area (Å²) in [5.41, 5.74) is 0.828. The van der Waals surface area contributed by atoms with Crippen molar-refractivity contribution in [2.24, 2.45) is 0 Å². The lowest BCUT2D eigenvalue weighted by atomic mass is 10.0. The third kappa shape index (κ3) is 3.23. The van der Waals surface area contributed by atoms with E-state index in [4.69, 9.17) is 27.9 Å². The molecule has 0 aliphatic heterocycles. The van der Waals surface area contributed by atoms with Gasteiger partial charge in [-0.3, -0.25) is 0 Å². The molecular formula is C15H13Cl2FO2. The van der Waals surface area contributed by atoms with Crippen molar-refractivity contribution in [2.45, 2.75) is 12.5 Å². The SMILES string of the molecule is COc1cccc(CC(O)c2cc(Cl)ccc2Cl)c1F. The predicted molar refractivity (Wildman–Crippen MR) is 78.1 cm³/mol. The standard InChI is InChI=1S/C15H13Cl2FO2/c1-20-14-4-2-3-9(15(14)18)7-13(19)11-8-10(16)5-6-12(11)17/h2-6,8,13,19H,7H2,1H3. The Morgan fingerprint density at radius 3 is 2.70 bits per heavy atom. The van der Waals surface area contributed by atoms with E-state index in [1.54, 1.807) is 30.3 Å². The first kappa shape index (κ1) is 15.1. The Hall–Kier alpha value is -1.29. The molecule has 2 rings (SSSR count). The summed E-state index contributed by atoms with van der Waals surface area (Å²) in [5.74, 6) is -0.334. The molecule has 20 heavy (non-hydrogen) atoms. The molecule has 1 atom stereocenters. The smallest absolute Gasteiger partial charge is 0.168 e. The lowest BCUT2D eigenvalue weighted by Crippen LogP contribution is -2.05. The molecule has 0 aromatic heterocycles. The van der Waals surface area contributed by atoms with Gasteiger partial charge in [0.25, 0.3) is 0 Å². The van der Waals surface area contributed by atoms with E-state index in [0.29, 0.717) is 21.2 Å². The van der Waals surface area contributed by atoms with Crippen molar-refractivity contribution >= 4 is 23.2 Å². The minimum atomic E-state index is -0.942. The molecule has 1 N–H and O–H groups in total. The third-order valence-corrected chi connectivity index (χ3v) is 3.57. The number of aliphatic hydroxyl groups excluding tert-OH is 1. The van der Waals surface area contributed by atoms with Gasteiger partial charge in [-0.2, -0.15) is 0 Å². The van der Waals surface area contributed by atoms with E-state index in [0.717, 1.165) is 0 Å². The Morgan fingerprint density at radius 1 is 1.25 bits per heavy atom. The lowest BCUT2D eigenvalue weighted by molar-refractivity contribution is 0.177. The average molecular weight is 315 g/mol. The molecule has 5 heteroatoms. The molecule has 2 aromatic rings. The number of halogens is 3. The summed E-state index contributed by atoms with van der Waals surface area (Å²) in [6.45, 7) is 0. The van der Waals surface area contributed by atoms with Gasteiger partial charge in [-0.1, -0.05) is 35.3 Å². The van der Waals surface area contributed by atoms with Gasteiger partial charge in [-0.25, -0.2) is 4.39 Å². The fourth-order valence-corrected chi connectivity index (χ4v) is 2.38. The zero-order valence-corrected chi connectivity index (χ0v) is 12.2. The van der Waals surface area contributed by atoms with Crippen LogP contribution in [0, 0.1) is 5.82 Å². The van der Waals surface area contributed by atoms with Crippen LogP contribution < -0.4 is 4.74 Å². The highest BCUT2D eigenvalue weighted by Gasteiger charge is 2.16. The molecule has 0 bridgehead atoms. The van der Waals surface area contributed by atoms with Gasteiger partial charge in [0, 0.05) is 22.0 Å². The van der Waals surface area contributed by atoms with E-state index in [-0.39, 0.29) is 12.2 Å². The molecule has 0 heterocycles. The molecule has 0 spiro atoms. The van der Waals surface area contributed by atoms with Gasteiger partial charge in [0.05, 0.1) is 13.2 Å². The van der Waals surface area contributed by atoms with E-state index in [2.05, 4.69) is 0 Å². The van der Waals surface area contributed by atoms with Gasteiger partial charge < -0.3 is 9.84 Å². The molecule has 0 fully saturated rings. The summed E-state index contributed by atoms with van der Waals surface area (Å²) in [6.07, 6.45) is -0.855. The molecule has 106 valence electrons. The Morgan fingerprint density at radius 2 is 2.00 bits per heavy atom. The second-order valence-corrected chi connectivity index (χ2v) is 5.16. The van der Waals surface area contributed by atoms with E-state index in [9.17, 15) is 9.50 Å². The molecule has 1 unspecified atom stereocenters. The fraction of sp³-hybridized carbons (Fsp3) is 0.200. The molecule has 2 aromatic carbocycles. The van der Waals surface area contributed by atoms with Crippen LogP contribution in [0.2, 0.25) is 10.0 Å². The number of ether oxygens (including phenoxy) is 1. The van der Waals surface area contributed by atoms with E-state index < -0.39 is 11.9 Å². The van der Waals surface area contributed by atoms with Crippen LogP contribution in [0.1, 0.15) is 17.2 Å². The number of benzene rings is 2.